The molecule has 2 aromatic heterocycles. The van der Waals surface area contributed by atoms with Crippen LogP contribution in [0.2, 0.25) is 0 Å². The van der Waals surface area contributed by atoms with E-state index in [1.165, 1.54) is 18.2 Å². The summed E-state index contributed by atoms with van der Waals surface area (Å²) in [4.78, 5) is 16.6. The quantitative estimate of drug-likeness (QED) is 0.196. The Hall–Kier alpha value is -4.20. The first kappa shape index (κ1) is 30.3. The van der Waals surface area contributed by atoms with Gasteiger partial charge in [-0.15, -0.1) is 6.42 Å². The summed E-state index contributed by atoms with van der Waals surface area (Å²) in [6.45, 7) is 7.48. The van der Waals surface area contributed by atoms with Gasteiger partial charge < -0.3 is 25.0 Å². The number of hydrogen-bond donors (Lipinski definition) is 3. The number of aromatic hydroxyl groups is 1. The highest BCUT2D eigenvalue weighted by atomic mass is 19.1. The molecule has 0 amide bonds. The third-order valence-electron chi connectivity index (χ3n) is 7.98. The number of fused-ring (bicyclic) bond motifs is 2. The van der Waals surface area contributed by atoms with Gasteiger partial charge in [-0.2, -0.15) is 9.97 Å². The predicted molar refractivity (Wildman–Crippen MR) is 166 cm³/mol. The van der Waals surface area contributed by atoms with Gasteiger partial charge in [-0.3, -0.25) is 4.90 Å². The molecule has 3 heterocycles. The van der Waals surface area contributed by atoms with Crippen molar-refractivity contribution in [1.29, 1.82) is 0 Å². The topological polar surface area (TPSA) is 113 Å². The molecule has 1 aliphatic rings. The minimum atomic E-state index is -0.548. The Balaban J connectivity index is 1.72. The number of hydrogen-bond acceptors (Lipinski definition) is 9. The molecule has 9 nitrogen and oxygen atoms in total. The highest BCUT2D eigenvalue weighted by Crippen LogP contribution is 2.40. The zero-order valence-corrected chi connectivity index (χ0v) is 25.1. The zero-order chi connectivity index (χ0) is 30.7. The molecule has 43 heavy (non-hydrogen) atoms. The van der Waals surface area contributed by atoms with Crippen LogP contribution in [0.4, 0.5) is 10.2 Å². The molecule has 5 rings (SSSR count). The van der Waals surface area contributed by atoms with E-state index in [1.807, 2.05) is 13.8 Å². The molecular weight excluding hydrogens is 549 g/mol. The van der Waals surface area contributed by atoms with Crippen LogP contribution in [0.15, 0.2) is 30.3 Å². The lowest BCUT2D eigenvalue weighted by Crippen LogP contribution is -2.46. The fourth-order valence-corrected chi connectivity index (χ4v) is 5.99. The third kappa shape index (κ3) is 6.01. The largest absolute Gasteiger partial charge is 0.508 e. The van der Waals surface area contributed by atoms with Gasteiger partial charge in [0.15, 0.2) is 0 Å². The maximum atomic E-state index is 14.9. The van der Waals surface area contributed by atoms with Crippen LogP contribution in [-0.2, 0) is 0 Å². The van der Waals surface area contributed by atoms with Gasteiger partial charge >= 0.3 is 6.01 Å². The second-order valence-corrected chi connectivity index (χ2v) is 11.3. The molecule has 1 aliphatic heterocycles. The predicted octanol–water partition coefficient (Wildman–Crippen LogP) is 5.51. The van der Waals surface area contributed by atoms with Gasteiger partial charge in [0.2, 0.25) is 5.88 Å². The average molecular weight is 588 g/mol. The van der Waals surface area contributed by atoms with Crippen molar-refractivity contribution in [3.63, 3.8) is 0 Å². The molecule has 4 aromatic rings. The summed E-state index contributed by atoms with van der Waals surface area (Å²) >= 11 is 0. The number of aliphatic hydroxyl groups excluding tert-OH is 1. The number of phenols is 1. The van der Waals surface area contributed by atoms with Crippen LogP contribution >= 0.6 is 0 Å². The van der Waals surface area contributed by atoms with E-state index in [-0.39, 0.29) is 48.0 Å². The molecule has 0 saturated carbocycles. The smallest absolute Gasteiger partial charge is 0.319 e. The number of ether oxygens (including phenoxy) is 2. The Morgan fingerprint density at radius 1 is 1.19 bits per heavy atom. The Labute approximate surface area is 251 Å². The number of pyridine rings is 1. The van der Waals surface area contributed by atoms with Crippen LogP contribution < -0.4 is 14.8 Å². The van der Waals surface area contributed by atoms with Crippen molar-refractivity contribution < 1.29 is 24.1 Å². The van der Waals surface area contributed by atoms with Crippen LogP contribution in [0, 0.1) is 18.2 Å². The summed E-state index contributed by atoms with van der Waals surface area (Å²) in [5, 5.41) is 24.9. The maximum absolute atomic E-state index is 14.9. The summed E-state index contributed by atoms with van der Waals surface area (Å²) in [6.07, 6.45) is 9.63. The molecule has 2 aromatic carbocycles. The molecule has 0 bridgehead atoms. The Morgan fingerprint density at radius 2 is 2.00 bits per heavy atom. The van der Waals surface area contributed by atoms with E-state index >= 15 is 0 Å². The lowest BCUT2D eigenvalue weighted by atomic mass is 9.92. The first-order valence-corrected chi connectivity index (χ1v) is 14.7. The molecule has 0 spiro atoms. The van der Waals surface area contributed by atoms with Gasteiger partial charge in [0.1, 0.15) is 29.4 Å². The number of likely N-dealkylation sites (N-methyl/N-ethyl adjacent to an activating group) is 1. The lowest BCUT2D eigenvalue weighted by Gasteiger charge is -2.35. The summed E-state index contributed by atoms with van der Waals surface area (Å²) in [6, 6.07) is 7.79. The van der Waals surface area contributed by atoms with Crippen molar-refractivity contribution in [1.82, 2.24) is 19.9 Å². The van der Waals surface area contributed by atoms with E-state index in [0.717, 1.165) is 32.2 Å². The Morgan fingerprint density at radius 3 is 2.67 bits per heavy atom. The van der Waals surface area contributed by atoms with Gasteiger partial charge in [0.25, 0.3) is 0 Å². The molecule has 3 N–H and O–H groups in total. The second-order valence-electron chi connectivity index (χ2n) is 11.3. The molecule has 1 fully saturated rings. The van der Waals surface area contributed by atoms with Gasteiger partial charge in [0.05, 0.1) is 35.0 Å². The van der Waals surface area contributed by atoms with Crippen molar-refractivity contribution in [3.8, 4) is 41.2 Å². The summed E-state index contributed by atoms with van der Waals surface area (Å²) in [5.41, 5.74) is 1.24. The van der Waals surface area contributed by atoms with Crippen LogP contribution in [0.25, 0.3) is 32.9 Å². The molecule has 1 saturated heterocycles. The number of benzene rings is 2. The third-order valence-corrected chi connectivity index (χ3v) is 7.98. The number of aliphatic hydroxyl groups is 1. The highest BCUT2D eigenvalue weighted by Gasteiger charge is 2.39. The molecule has 10 heteroatoms. The minimum absolute atomic E-state index is 0.0239. The van der Waals surface area contributed by atoms with Crippen molar-refractivity contribution in [2.75, 3.05) is 38.7 Å². The fourth-order valence-electron chi connectivity index (χ4n) is 5.99. The molecule has 1 atom stereocenters. The number of nitrogens with one attached hydrogen (secondary N) is 1. The number of likely N-dealkylation sites (tertiary alicyclic amines) is 1. The Kier molecular flexibility index (Phi) is 8.85. The van der Waals surface area contributed by atoms with Gasteiger partial charge in [-0.25, -0.2) is 9.37 Å². The van der Waals surface area contributed by atoms with Crippen LogP contribution in [0.5, 0.6) is 17.6 Å². The number of aromatic nitrogens is 3. The molecule has 0 radical (unpaired) electrons. The molecule has 1 unspecified atom stereocenters. The number of phenolic OH excluding ortho intramolecular Hbond substituents is 1. The Bertz CT molecular complexity index is 1690. The van der Waals surface area contributed by atoms with E-state index < -0.39 is 5.82 Å². The summed E-state index contributed by atoms with van der Waals surface area (Å²) < 4.78 is 27.3. The minimum Gasteiger partial charge on any atom is -0.508 e. The number of rotatable bonds is 11. The van der Waals surface area contributed by atoms with Crippen molar-refractivity contribution in [2.24, 2.45) is 0 Å². The standard InChI is InChI=1S/C33H38FN5O4/c1-6-11-33(12-8-14-39(33)5)19-42-32-37-27-18-26(36-31(43-20(3)4)29(27)30(38-32)35-13-15-40)24-17-22(41)16-21-9-10-25(34)23(7-2)28(21)24/h2,9-10,16-18,20,40-41H,6,8,11-15,19H2,1,3-5H3,(H,35,37,38). The van der Waals surface area contributed by atoms with Crippen molar-refractivity contribution in [2.45, 2.75) is 58.1 Å². The average Bonchev–Trinajstić information content (AvgIpc) is 3.33. The fraction of sp³-hybridized carbons (Fsp3) is 0.424. The zero-order valence-electron chi connectivity index (χ0n) is 25.1. The van der Waals surface area contributed by atoms with E-state index in [2.05, 4.69) is 35.1 Å². The van der Waals surface area contributed by atoms with Crippen LogP contribution in [-0.4, -0.2) is 75.1 Å². The van der Waals surface area contributed by atoms with E-state index in [0.29, 0.717) is 45.4 Å². The van der Waals surface area contributed by atoms with Gasteiger partial charge in [-0.05, 0) is 76.4 Å². The van der Waals surface area contributed by atoms with E-state index in [9.17, 15) is 14.6 Å². The number of halogens is 1. The first-order chi connectivity index (χ1) is 20.7. The number of terminal acetylenes is 1. The van der Waals surface area contributed by atoms with E-state index in [4.69, 9.17) is 25.9 Å². The molecular formula is C33H38FN5O4. The first-order valence-electron chi connectivity index (χ1n) is 14.7. The number of anilines is 1. The lowest BCUT2D eigenvalue weighted by molar-refractivity contribution is 0.0829. The monoisotopic (exact) mass is 587 g/mol. The normalized spacial score (nSPS) is 17.1. The number of nitrogens with zero attached hydrogens (tertiary/aromatic N) is 4. The highest BCUT2D eigenvalue weighted by molar-refractivity contribution is 6.03. The molecule has 0 aliphatic carbocycles. The van der Waals surface area contributed by atoms with E-state index in [1.54, 1.807) is 12.1 Å². The van der Waals surface area contributed by atoms with Gasteiger partial charge in [-0.1, -0.05) is 25.3 Å². The SMILES string of the molecule is C#Cc1c(F)ccc2cc(O)cc(-c3cc4nc(OCC5(CCC)CCCN5C)nc(NCCO)c4c(OC(C)C)n3)c12. The van der Waals surface area contributed by atoms with Crippen LogP contribution in [0.3, 0.4) is 0 Å². The summed E-state index contributed by atoms with van der Waals surface area (Å²) in [5.74, 6) is 2.53. The van der Waals surface area contributed by atoms with Crippen molar-refractivity contribution >= 4 is 27.5 Å². The molecule has 226 valence electrons. The van der Waals surface area contributed by atoms with Crippen LogP contribution in [0.1, 0.15) is 52.0 Å². The summed E-state index contributed by atoms with van der Waals surface area (Å²) in [7, 11) is 2.13. The van der Waals surface area contributed by atoms with Gasteiger partial charge in [0, 0.05) is 17.5 Å². The second kappa shape index (κ2) is 12.6. The maximum Gasteiger partial charge on any atom is 0.319 e. The van der Waals surface area contributed by atoms with Crippen molar-refractivity contribution in [3.05, 3.63) is 41.7 Å².